The standard InChI is InChI=1S/C12H18O/c1-3-7-11(2)10-13-12-8-5-4-6-9-12/h4-6,8-9,11H,3,7,10H2,1-2H3/t11-/m0/s1/i2D3,10D2. The summed E-state index contributed by atoms with van der Waals surface area (Å²) in [4.78, 5) is 0. The van der Waals surface area contributed by atoms with Gasteiger partial charge < -0.3 is 4.74 Å². The first-order valence-corrected chi connectivity index (χ1v) is 4.51. The first-order valence-electron chi connectivity index (χ1n) is 7.01. The van der Waals surface area contributed by atoms with Gasteiger partial charge in [0.05, 0.1) is 9.30 Å². The zero-order chi connectivity index (χ0) is 13.8. The van der Waals surface area contributed by atoms with Crippen LogP contribution in [0, 0.1) is 5.92 Å². The zero-order valence-corrected chi connectivity index (χ0v) is 7.79. The van der Waals surface area contributed by atoms with Gasteiger partial charge in [0.15, 0.2) is 0 Å². The summed E-state index contributed by atoms with van der Waals surface area (Å²) in [5.41, 5.74) is 0. The van der Waals surface area contributed by atoms with E-state index in [-0.39, 0.29) is 6.42 Å². The lowest BCUT2D eigenvalue weighted by Crippen LogP contribution is -2.07. The summed E-state index contributed by atoms with van der Waals surface area (Å²) in [6.45, 7) is -2.74. The highest BCUT2D eigenvalue weighted by Gasteiger charge is 2.00. The molecule has 0 aromatic heterocycles. The average Bonchev–Trinajstić information content (AvgIpc) is 2.24. The molecule has 72 valence electrons. The summed E-state index contributed by atoms with van der Waals surface area (Å²) < 4.78 is 43.2. The van der Waals surface area contributed by atoms with E-state index in [1.165, 1.54) is 0 Å². The minimum absolute atomic E-state index is 0.260. The van der Waals surface area contributed by atoms with Gasteiger partial charge in [0.1, 0.15) is 5.75 Å². The van der Waals surface area contributed by atoms with E-state index in [2.05, 4.69) is 0 Å². The Balaban J connectivity index is 2.88. The number of rotatable bonds is 5. The smallest absolute Gasteiger partial charge is 0.119 e. The number of benzene rings is 1. The van der Waals surface area contributed by atoms with Crippen molar-refractivity contribution in [3.8, 4) is 5.75 Å². The van der Waals surface area contributed by atoms with E-state index < -0.39 is 19.3 Å². The van der Waals surface area contributed by atoms with E-state index in [1.54, 1.807) is 30.3 Å². The van der Waals surface area contributed by atoms with Crippen LogP contribution in [0.15, 0.2) is 30.3 Å². The van der Waals surface area contributed by atoms with Gasteiger partial charge in [-0.05, 0) is 24.5 Å². The maximum Gasteiger partial charge on any atom is 0.119 e. The fourth-order valence-corrected chi connectivity index (χ4v) is 0.975. The molecule has 0 spiro atoms. The molecule has 1 nitrogen and oxygen atoms in total. The van der Waals surface area contributed by atoms with Gasteiger partial charge in [-0.25, -0.2) is 0 Å². The lowest BCUT2D eigenvalue weighted by Gasteiger charge is -2.11. The molecule has 0 radical (unpaired) electrons. The topological polar surface area (TPSA) is 9.23 Å². The second-order valence-corrected chi connectivity index (χ2v) is 2.87. The quantitative estimate of drug-likeness (QED) is 0.679. The Kier molecular flexibility index (Phi) is 2.18. The summed E-state index contributed by atoms with van der Waals surface area (Å²) in [5.74, 6) is -0.789. The Morgan fingerprint density at radius 2 is 2.23 bits per heavy atom. The van der Waals surface area contributed by atoms with Crippen LogP contribution < -0.4 is 4.74 Å². The molecule has 0 heterocycles. The van der Waals surface area contributed by atoms with Crippen molar-refractivity contribution in [2.24, 2.45) is 5.92 Å². The van der Waals surface area contributed by atoms with Gasteiger partial charge in [0.2, 0.25) is 0 Å². The van der Waals surface area contributed by atoms with E-state index in [9.17, 15) is 0 Å². The molecule has 0 bridgehead atoms. The zero-order valence-electron chi connectivity index (χ0n) is 12.8. The average molecular weight is 183 g/mol. The third kappa shape index (κ3) is 3.97. The molecule has 0 aliphatic heterocycles. The third-order valence-corrected chi connectivity index (χ3v) is 1.64. The van der Waals surface area contributed by atoms with Gasteiger partial charge in [0, 0.05) is 4.11 Å². The van der Waals surface area contributed by atoms with E-state index >= 15 is 0 Å². The highest BCUT2D eigenvalue weighted by atomic mass is 16.5. The van der Waals surface area contributed by atoms with Gasteiger partial charge in [-0.15, -0.1) is 0 Å². The molecule has 0 fully saturated rings. The van der Waals surface area contributed by atoms with Gasteiger partial charge in [-0.2, -0.15) is 0 Å². The fourth-order valence-electron chi connectivity index (χ4n) is 0.975. The second kappa shape index (κ2) is 5.63. The van der Waals surface area contributed by atoms with Crippen LogP contribution in [-0.2, 0) is 0 Å². The molecule has 0 unspecified atom stereocenters. The molecular weight excluding hydrogens is 160 g/mol. The van der Waals surface area contributed by atoms with Crippen molar-refractivity contribution in [3.05, 3.63) is 30.3 Å². The normalized spacial score (nSPS) is 20.2. The van der Waals surface area contributed by atoms with Gasteiger partial charge >= 0.3 is 0 Å². The molecule has 0 aliphatic rings. The second-order valence-electron chi connectivity index (χ2n) is 2.87. The number of hydrogen-bond donors (Lipinski definition) is 0. The fraction of sp³-hybridized carbons (Fsp3) is 0.500. The van der Waals surface area contributed by atoms with E-state index in [0.29, 0.717) is 12.2 Å². The molecule has 1 heteroatoms. The van der Waals surface area contributed by atoms with Crippen LogP contribution in [-0.4, -0.2) is 6.56 Å². The van der Waals surface area contributed by atoms with Crippen molar-refractivity contribution in [1.29, 1.82) is 0 Å². The molecule has 1 aromatic rings. The SMILES string of the molecule is [2H]C([2H])([2H])[C@@H](CCC)C([2H])([2H])Oc1ccccc1. The molecule has 0 aliphatic carbocycles. The number of ether oxygens (including phenoxy) is 1. The Morgan fingerprint density at radius 1 is 1.46 bits per heavy atom. The van der Waals surface area contributed by atoms with Crippen LogP contribution in [0.1, 0.15) is 33.5 Å². The predicted octanol–water partition coefficient (Wildman–Crippen LogP) is 3.50. The Hall–Kier alpha value is -0.980. The van der Waals surface area contributed by atoms with Gasteiger partial charge in [0.25, 0.3) is 0 Å². The molecule has 1 aromatic carbocycles. The Labute approximate surface area is 87.8 Å². The molecule has 0 amide bonds. The first kappa shape index (κ1) is 5.04. The monoisotopic (exact) mass is 183 g/mol. The maximum atomic E-state index is 7.86. The van der Waals surface area contributed by atoms with E-state index in [0.717, 1.165) is 0 Å². The molecule has 0 saturated carbocycles. The van der Waals surface area contributed by atoms with Crippen LogP contribution in [0.25, 0.3) is 0 Å². The molecule has 0 saturated heterocycles. The minimum Gasteiger partial charge on any atom is -0.493 e. The predicted molar refractivity (Wildman–Crippen MR) is 56.0 cm³/mol. The minimum atomic E-state index is -2.37. The maximum absolute atomic E-state index is 7.86. The van der Waals surface area contributed by atoms with Crippen LogP contribution >= 0.6 is 0 Å². The van der Waals surface area contributed by atoms with Crippen molar-refractivity contribution in [1.82, 2.24) is 0 Å². The summed E-state index contributed by atoms with van der Waals surface area (Å²) >= 11 is 0. The number of para-hydroxylation sites is 1. The lowest BCUT2D eigenvalue weighted by atomic mass is 10.1. The van der Waals surface area contributed by atoms with Gasteiger partial charge in [-0.3, -0.25) is 0 Å². The highest BCUT2D eigenvalue weighted by Crippen LogP contribution is 2.11. The Morgan fingerprint density at radius 3 is 2.85 bits per heavy atom. The summed E-state index contributed by atoms with van der Waals surface area (Å²) in [7, 11) is 0. The van der Waals surface area contributed by atoms with Crippen LogP contribution in [0.2, 0.25) is 0 Å². The summed E-state index contributed by atoms with van der Waals surface area (Å²) in [6, 6.07) is 8.45. The summed E-state index contributed by atoms with van der Waals surface area (Å²) in [5, 5.41) is 0. The molecule has 13 heavy (non-hydrogen) atoms. The van der Waals surface area contributed by atoms with Gasteiger partial charge in [-0.1, -0.05) is 38.4 Å². The highest BCUT2D eigenvalue weighted by molar-refractivity contribution is 5.20. The van der Waals surface area contributed by atoms with Crippen molar-refractivity contribution < 1.29 is 11.6 Å². The van der Waals surface area contributed by atoms with Crippen LogP contribution in [0.5, 0.6) is 5.75 Å². The first-order chi connectivity index (χ1) is 8.27. The van der Waals surface area contributed by atoms with Crippen molar-refractivity contribution in [2.75, 3.05) is 6.56 Å². The molecule has 1 atom stereocenters. The van der Waals surface area contributed by atoms with Crippen molar-refractivity contribution >= 4 is 0 Å². The Bertz CT molecular complexity index is 360. The molecular formula is C12H18O. The van der Waals surface area contributed by atoms with E-state index in [4.69, 9.17) is 11.6 Å². The lowest BCUT2D eigenvalue weighted by molar-refractivity contribution is 0.251. The van der Waals surface area contributed by atoms with Crippen molar-refractivity contribution in [2.45, 2.75) is 26.6 Å². The summed E-state index contributed by atoms with van der Waals surface area (Å²) in [6.07, 6.45) is 0.858. The van der Waals surface area contributed by atoms with Crippen LogP contribution in [0.4, 0.5) is 0 Å². The van der Waals surface area contributed by atoms with Crippen LogP contribution in [0.3, 0.4) is 0 Å². The van der Waals surface area contributed by atoms with Crippen molar-refractivity contribution in [3.63, 3.8) is 0 Å². The third-order valence-electron chi connectivity index (χ3n) is 1.64. The van der Waals surface area contributed by atoms with E-state index in [1.807, 2.05) is 6.92 Å². The largest absolute Gasteiger partial charge is 0.493 e. The molecule has 0 N–H and O–H groups in total. The molecule has 1 rings (SSSR count). The number of hydrogen-bond acceptors (Lipinski definition) is 1.